The molecule has 0 saturated carbocycles. The van der Waals surface area contributed by atoms with Gasteiger partial charge < -0.3 is 4.74 Å². The summed E-state index contributed by atoms with van der Waals surface area (Å²) < 4.78 is 18.4. The van der Waals surface area contributed by atoms with Crippen LogP contribution in [0.4, 0.5) is 4.39 Å². The average Bonchev–Trinajstić information content (AvgIpc) is 2.41. The van der Waals surface area contributed by atoms with Crippen LogP contribution in [0.5, 0.6) is 5.75 Å². The number of rotatable bonds is 2. The molecule has 2 aromatic rings. The van der Waals surface area contributed by atoms with Gasteiger partial charge in [0.1, 0.15) is 11.6 Å². The number of hydrogen-bond acceptors (Lipinski definition) is 1. The molecule has 102 valence electrons. The molecule has 0 spiro atoms. The largest absolute Gasteiger partial charge is 0.496 e. The Morgan fingerprint density at radius 3 is 2.37 bits per heavy atom. The van der Waals surface area contributed by atoms with Gasteiger partial charge in [0, 0.05) is 10.6 Å². The van der Waals surface area contributed by atoms with E-state index in [1.807, 2.05) is 39.0 Å². The van der Waals surface area contributed by atoms with Crippen LogP contribution in [0.15, 0.2) is 36.4 Å². The molecule has 0 bridgehead atoms. The monoisotopic (exact) mass is 280 g/mol. The maximum atomic E-state index is 13.2. The molecule has 0 aliphatic rings. The molecule has 0 aliphatic carbocycles. The lowest BCUT2D eigenvalue weighted by Gasteiger charge is -2.10. The highest BCUT2D eigenvalue weighted by Crippen LogP contribution is 2.34. The topological polar surface area (TPSA) is 9.23 Å². The van der Waals surface area contributed by atoms with Crippen molar-refractivity contribution in [2.24, 2.45) is 0 Å². The van der Waals surface area contributed by atoms with Gasteiger partial charge in [-0.1, -0.05) is 37.6 Å². The van der Waals surface area contributed by atoms with Gasteiger partial charge in [0.2, 0.25) is 0 Å². The normalized spacial score (nSPS) is 9.58. The summed E-state index contributed by atoms with van der Waals surface area (Å²) in [4.78, 5) is 0. The van der Waals surface area contributed by atoms with Gasteiger partial charge in [-0.2, -0.15) is 0 Å². The smallest absolute Gasteiger partial charge is 0.123 e. The van der Waals surface area contributed by atoms with Crippen molar-refractivity contribution in [1.82, 2.24) is 0 Å². The van der Waals surface area contributed by atoms with E-state index < -0.39 is 0 Å². The zero-order valence-electron chi connectivity index (χ0n) is 11.6. The Bertz CT molecular complexity index is 552. The fourth-order valence-corrected chi connectivity index (χ4v) is 2.08. The summed E-state index contributed by atoms with van der Waals surface area (Å²) in [7, 11) is 1.60. The maximum Gasteiger partial charge on any atom is 0.123 e. The first-order valence-electron chi connectivity index (χ1n) is 6.22. The predicted octanol–water partition coefficient (Wildman–Crippen LogP) is 5.49. The van der Waals surface area contributed by atoms with E-state index in [0.717, 1.165) is 22.4 Å². The van der Waals surface area contributed by atoms with Crippen molar-refractivity contribution >= 4 is 11.6 Å². The summed E-state index contributed by atoms with van der Waals surface area (Å²) in [5.41, 5.74) is 2.47. The third-order valence-corrected chi connectivity index (χ3v) is 2.93. The van der Waals surface area contributed by atoms with E-state index in [2.05, 4.69) is 0 Å². The van der Waals surface area contributed by atoms with E-state index in [4.69, 9.17) is 16.3 Å². The van der Waals surface area contributed by atoms with E-state index in [0.29, 0.717) is 5.02 Å². The van der Waals surface area contributed by atoms with E-state index >= 15 is 0 Å². The van der Waals surface area contributed by atoms with E-state index in [1.165, 1.54) is 12.1 Å². The van der Waals surface area contributed by atoms with Gasteiger partial charge in [0.25, 0.3) is 0 Å². The van der Waals surface area contributed by atoms with Gasteiger partial charge >= 0.3 is 0 Å². The van der Waals surface area contributed by atoms with Crippen molar-refractivity contribution in [2.45, 2.75) is 20.8 Å². The first-order valence-corrected chi connectivity index (χ1v) is 6.59. The van der Waals surface area contributed by atoms with Gasteiger partial charge in [0.05, 0.1) is 7.11 Å². The lowest BCUT2D eigenvalue weighted by molar-refractivity contribution is 0.412. The molecule has 0 unspecified atom stereocenters. The third-order valence-electron chi connectivity index (χ3n) is 2.62. The molecule has 0 radical (unpaired) electrons. The molecule has 0 aliphatic heterocycles. The molecule has 3 heteroatoms. The fraction of sp³-hybridized carbons (Fsp3) is 0.250. The van der Waals surface area contributed by atoms with Gasteiger partial charge in [0.15, 0.2) is 0 Å². The van der Waals surface area contributed by atoms with Crippen molar-refractivity contribution < 1.29 is 9.13 Å². The molecule has 19 heavy (non-hydrogen) atoms. The van der Waals surface area contributed by atoms with E-state index in [9.17, 15) is 4.39 Å². The third kappa shape index (κ3) is 3.71. The molecule has 0 heterocycles. The highest BCUT2D eigenvalue weighted by atomic mass is 35.5. The van der Waals surface area contributed by atoms with Crippen LogP contribution in [0.3, 0.4) is 0 Å². The van der Waals surface area contributed by atoms with Crippen LogP contribution >= 0.6 is 11.6 Å². The average molecular weight is 281 g/mol. The molecular weight excluding hydrogens is 263 g/mol. The fourth-order valence-electron chi connectivity index (χ4n) is 1.75. The Hall–Kier alpha value is -1.54. The van der Waals surface area contributed by atoms with Gasteiger partial charge in [-0.25, -0.2) is 4.39 Å². The van der Waals surface area contributed by atoms with Crippen LogP contribution in [-0.4, -0.2) is 7.11 Å². The minimum atomic E-state index is -0.280. The van der Waals surface area contributed by atoms with Gasteiger partial charge in [-0.3, -0.25) is 0 Å². The zero-order chi connectivity index (χ0) is 14.4. The summed E-state index contributed by atoms with van der Waals surface area (Å²) in [5.74, 6) is 0.465. The Labute approximate surface area is 119 Å². The standard InChI is InChI=1S/C14H12ClFO.C2H6/c1-9-6-13(15)12(8-14(9)17-2)10-4-3-5-11(16)7-10;1-2/h3-8H,1-2H3;1-2H3. The van der Waals surface area contributed by atoms with E-state index in [1.54, 1.807) is 13.2 Å². The Morgan fingerprint density at radius 2 is 1.79 bits per heavy atom. The number of aryl methyl sites for hydroxylation is 1. The van der Waals surface area contributed by atoms with Crippen LogP contribution < -0.4 is 4.74 Å². The zero-order valence-corrected chi connectivity index (χ0v) is 12.4. The van der Waals surface area contributed by atoms with Gasteiger partial charge in [-0.15, -0.1) is 0 Å². The number of ether oxygens (including phenoxy) is 1. The quantitative estimate of drug-likeness (QED) is 0.707. The van der Waals surface area contributed by atoms with Crippen molar-refractivity contribution in [1.29, 1.82) is 0 Å². The second-order valence-corrected chi connectivity index (χ2v) is 4.22. The van der Waals surface area contributed by atoms with Crippen molar-refractivity contribution in [3.05, 3.63) is 52.8 Å². The highest BCUT2D eigenvalue weighted by molar-refractivity contribution is 6.33. The number of halogens is 2. The summed E-state index contributed by atoms with van der Waals surface area (Å²) in [6.07, 6.45) is 0. The second-order valence-electron chi connectivity index (χ2n) is 3.81. The molecule has 1 nitrogen and oxygen atoms in total. The van der Waals surface area contributed by atoms with Crippen molar-refractivity contribution in [3.8, 4) is 16.9 Å². The van der Waals surface area contributed by atoms with Crippen LogP contribution in [0.25, 0.3) is 11.1 Å². The number of hydrogen-bond donors (Lipinski definition) is 0. The highest BCUT2D eigenvalue weighted by Gasteiger charge is 2.08. The maximum absolute atomic E-state index is 13.2. The minimum Gasteiger partial charge on any atom is -0.496 e. The second kappa shape index (κ2) is 7.15. The lowest BCUT2D eigenvalue weighted by atomic mass is 10.0. The first kappa shape index (κ1) is 15.5. The predicted molar refractivity (Wildman–Crippen MR) is 79.5 cm³/mol. The van der Waals surface area contributed by atoms with Crippen molar-refractivity contribution in [2.75, 3.05) is 7.11 Å². The van der Waals surface area contributed by atoms with Crippen LogP contribution in [0.1, 0.15) is 19.4 Å². The first-order chi connectivity index (χ1) is 9.11. The number of methoxy groups -OCH3 is 1. The molecule has 0 saturated heterocycles. The van der Waals surface area contributed by atoms with Crippen LogP contribution in [0.2, 0.25) is 5.02 Å². The molecule has 0 aromatic heterocycles. The summed E-state index contributed by atoms with van der Waals surface area (Å²) in [6, 6.07) is 9.98. The Balaban J connectivity index is 0.000000861. The molecule has 0 N–H and O–H groups in total. The molecular formula is C16H18ClFO. The molecule has 2 aromatic carbocycles. The van der Waals surface area contributed by atoms with Crippen molar-refractivity contribution in [3.63, 3.8) is 0 Å². The Kier molecular flexibility index (Phi) is 5.84. The molecule has 0 amide bonds. The van der Waals surface area contributed by atoms with Gasteiger partial charge in [-0.05, 0) is 42.3 Å². The van der Waals surface area contributed by atoms with Crippen LogP contribution in [-0.2, 0) is 0 Å². The Morgan fingerprint density at radius 1 is 1.11 bits per heavy atom. The summed E-state index contributed by atoms with van der Waals surface area (Å²) >= 11 is 6.17. The molecule has 0 fully saturated rings. The number of benzene rings is 2. The lowest BCUT2D eigenvalue weighted by Crippen LogP contribution is -1.89. The molecule has 0 atom stereocenters. The molecule has 2 rings (SSSR count). The summed E-state index contributed by atoms with van der Waals surface area (Å²) in [6.45, 7) is 5.92. The minimum absolute atomic E-state index is 0.280. The van der Waals surface area contributed by atoms with Crippen LogP contribution in [0, 0.1) is 12.7 Å². The SMILES string of the molecule is CC.COc1cc(-c2cccc(F)c2)c(Cl)cc1C. The van der Waals surface area contributed by atoms with E-state index in [-0.39, 0.29) is 5.82 Å². The summed E-state index contributed by atoms with van der Waals surface area (Å²) in [5, 5.41) is 0.592.